The largest absolute Gasteiger partial charge is 0.493 e. The number of rotatable bonds is 7. The highest BCUT2D eigenvalue weighted by molar-refractivity contribution is 6.32. The van der Waals surface area contributed by atoms with Gasteiger partial charge >= 0.3 is 0 Å². The van der Waals surface area contributed by atoms with Crippen molar-refractivity contribution in [2.45, 2.75) is 25.8 Å². The lowest BCUT2D eigenvalue weighted by molar-refractivity contribution is 0.326. The highest BCUT2D eigenvalue weighted by Crippen LogP contribution is 2.36. The Hall–Kier alpha value is -1.19. The summed E-state index contributed by atoms with van der Waals surface area (Å²) in [5.41, 5.74) is 6.99. The van der Waals surface area contributed by atoms with Crippen LogP contribution in [0, 0.1) is 0 Å². The molecule has 3 nitrogen and oxygen atoms in total. The van der Waals surface area contributed by atoms with E-state index in [0.717, 1.165) is 18.4 Å². The van der Waals surface area contributed by atoms with Crippen LogP contribution in [0.2, 0.25) is 5.02 Å². The number of ether oxygens (including phenoxy) is 2. The van der Waals surface area contributed by atoms with Crippen molar-refractivity contribution in [1.82, 2.24) is 0 Å². The minimum atomic E-state index is 0.130. The lowest BCUT2D eigenvalue weighted by Crippen LogP contribution is -2.21. The molecule has 0 bridgehead atoms. The lowest BCUT2D eigenvalue weighted by atomic mass is 10.0. The first kappa shape index (κ1) is 14.9. The molecule has 0 heterocycles. The van der Waals surface area contributed by atoms with Gasteiger partial charge in [0.05, 0.1) is 12.1 Å². The highest BCUT2D eigenvalue weighted by atomic mass is 35.5. The summed E-state index contributed by atoms with van der Waals surface area (Å²) in [5.74, 6) is 1.18. The van der Waals surface area contributed by atoms with E-state index in [2.05, 4.69) is 13.5 Å². The predicted octanol–water partition coefficient (Wildman–Crippen LogP) is 3.19. The zero-order chi connectivity index (χ0) is 13.5. The average Bonchev–Trinajstić information content (AvgIpc) is 2.36. The van der Waals surface area contributed by atoms with Crippen LogP contribution >= 0.6 is 11.6 Å². The van der Waals surface area contributed by atoms with Crippen molar-refractivity contribution in [1.29, 1.82) is 0 Å². The zero-order valence-electron chi connectivity index (χ0n) is 10.9. The van der Waals surface area contributed by atoms with E-state index in [1.54, 1.807) is 13.2 Å². The second kappa shape index (κ2) is 7.29. The molecule has 0 aliphatic rings. The summed E-state index contributed by atoms with van der Waals surface area (Å²) < 4.78 is 10.8. The maximum absolute atomic E-state index is 6.20. The second-order valence-corrected chi connectivity index (χ2v) is 4.49. The minimum absolute atomic E-state index is 0.130. The highest BCUT2D eigenvalue weighted by Gasteiger charge is 2.13. The first-order valence-electron chi connectivity index (χ1n) is 5.98. The summed E-state index contributed by atoms with van der Waals surface area (Å²) in [6.07, 6.45) is 3.36. The van der Waals surface area contributed by atoms with E-state index in [9.17, 15) is 0 Å². The van der Waals surface area contributed by atoms with Crippen LogP contribution in [-0.4, -0.2) is 19.8 Å². The van der Waals surface area contributed by atoms with Crippen molar-refractivity contribution in [3.05, 3.63) is 35.4 Å². The molecule has 0 aliphatic carbocycles. The number of hydrogen-bond acceptors (Lipinski definition) is 3. The lowest BCUT2D eigenvalue weighted by Gasteiger charge is -2.15. The third-order valence-electron chi connectivity index (χ3n) is 2.66. The number of hydrogen-bond donors (Lipinski definition) is 1. The molecule has 1 aromatic rings. The van der Waals surface area contributed by atoms with Gasteiger partial charge in [0.1, 0.15) is 6.61 Å². The molecule has 1 rings (SSSR count). The van der Waals surface area contributed by atoms with Crippen molar-refractivity contribution >= 4 is 11.6 Å². The van der Waals surface area contributed by atoms with Gasteiger partial charge in [-0.15, -0.1) is 0 Å². The average molecular weight is 270 g/mol. The standard InChI is InChI=1S/C14H20ClNO2/c1-4-6-18-14-12(15)8-10(7-11(16)5-2)9-13(14)17-3/h4,8-9,11H,1,5-7,16H2,2-3H3. The van der Waals surface area contributed by atoms with Crippen molar-refractivity contribution in [3.63, 3.8) is 0 Å². The number of methoxy groups -OCH3 is 1. The maximum atomic E-state index is 6.20. The van der Waals surface area contributed by atoms with Gasteiger partial charge in [0.25, 0.3) is 0 Å². The maximum Gasteiger partial charge on any atom is 0.180 e. The molecule has 1 aromatic carbocycles. The summed E-state index contributed by atoms with van der Waals surface area (Å²) in [6, 6.07) is 3.92. The Kier molecular flexibility index (Phi) is 6.02. The van der Waals surface area contributed by atoms with Gasteiger partial charge in [-0.3, -0.25) is 0 Å². The Balaban J connectivity index is 2.98. The molecule has 0 fully saturated rings. The van der Waals surface area contributed by atoms with E-state index in [-0.39, 0.29) is 6.04 Å². The fraction of sp³-hybridized carbons (Fsp3) is 0.429. The van der Waals surface area contributed by atoms with Gasteiger partial charge in [0.2, 0.25) is 0 Å². The molecule has 0 aliphatic heterocycles. The Labute approximate surface area is 114 Å². The van der Waals surface area contributed by atoms with Crippen LogP contribution in [0.1, 0.15) is 18.9 Å². The summed E-state index contributed by atoms with van der Waals surface area (Å²) in [5, 5.41) is 0.537. The third-order valence-corrected chi connectivity index (χ3v) is 2.94. The molecule has 0 radical (unpaired) electrons. The van der Waals surface area contributed by atoms with Crippen LogP contribution in [-0.2, 0) is 6.42 Å². The van der Waals surface area contributed by atoms with Crippen LogP contribution in [0.25, 0.3) is 0 Å². The summed E-state index contributed by atoms with van der Waals surface area (Å²) in [6.45, 7) is 6.06. The van der Waals surface area contributed by atoms with E-state index in [1.165, 1.54) is 0 Å². The van der Waals surface area contributed by atoms with Gasteiger partial charge in [0.15, 0.2) is 11.5 Å². The molecule has 0 saturated carbocycles. The van der Waals surface area contributed by atoms with Crippen LogP contribution in [0.5, 0.6) is 11.5 Å². The van der Waals surface area contributed by atoms with Gasteiger partial charge in [-0.25, -0.2) is 0 Å². The van der Waals surface area contributed by atoms with E-state index in [4.69, 9.17) is 26.8 Å². The molecule has 100 valence electrons. The van der Waals surface area contributed by atoms with E-state index in [1.807, 2.05) is 12.1 Å². The number of benzene rings is 1. The molecule has 0 amide bonds. The zero-order valence-corrected chi connectivity index (χ0v) is 11.7. The van der Waals surface area contributed by atoms with E-state index >= 15 is 0 Å². The van der Waals surface area contributed by atoms with Gasteiger partial charge in [-0.1, -0.05) is 31.2 Å². The Morgan fingerprint density at radius 1 is 1.50 bits per heavy atom. The summed E-state index contributed by atoms with van der Waals surface area (Å²) in [7, 11) is 1.59. The fourth-order valence-corrected chi connectivity index (χ4v) is 1.91. The topological polar surface area (TPSA) is 44.5 Å². The van der Waals surface area contributed by atoms with Crippen LogP contribution < -0.4 is 15.2 Å². The normalized spacial score (nSPS) is 12.0. The molecular weight excluding hydrogens is 250 g/mol. The first-order chi connectivity index (χ1) is 8.62. The Morgan fingerprint density at radius 2 is 2.22 bits per heavy atom. The van der Waals surface area contributed by atoms with Crippen molar-refractivity contribution in [2.75, 3.05) is 13.7 Å². The number of halogens is 1. The van der Waals surface area contributed by atoms with Crippen LogP contribution in [0.3, 0.4) is 0 Å². The third kappa shape index (κ3) is 3.93. The van der Waals surface area contributed by atoms with Gasteiger partial charge in [-0.05, 0) is 30.5 Å². The molecule has 18 heavy (non-hydrogen) atoms. The molecule has 4 heteroatoms. The first-order valence-corrected chi connectivity index (χ1v) is 6.35. The van der Waals surface area contributed by atoms with Gasteiger partial charge < -0.3 is 15.2 Å². The molecule has 0 aromatic heterocycles. The van der Waals surface area contributed by atoms with Crippen molar-refractivity contribution in [2.24, 2.45) is 5.73 Å². The van der Waals surface area contributed by atoms with Gasteiger partial charge in [-0.2, -0.15) is 0 Å². The van der Waals surface area contributed by atoms with Gasteiger partial charge in [0, 0.05) is 6.04 Å². The predicted molar refractivity (Wildman–Crippen MR) is 75.7 cm³/mol. The minimum Gasteiger partial charge on any atom is -0.493 e. The quantitative estimate of drug-likeness (QED) is 0.773. The van der Waals surface area contributed by atoms with Crippen molar-refractivity contribution < 1.29 is 9.47 Å². The van der Waals surface area contributed by atoms with E-state index in [0.29, 0.717) is 23.1 Å². The fourth-order valence-electron chi connectivity index (χ4n) is 1.62. The molecular formula is C14H20ClNO2. The van der Waals surface area contributed by atoms with E-state index < -0.39 is 0 Å². The smallest absolute Gasteiger partial charge is 0.180 e. The summed E-state index contributed by atoms with van der Waals surface area (Å²) in [4.78, 5) is 0. The molecule has 2 N–H and O–H groups in total. The van der Waals surface area contributed by atoms with Crippen molar-refractivity contribution in [3.8, 4) is 11.5 Å². The second-order valence-electron chi connectivity index (χ2n) is 4.08. The van der Waals surface area contributed by atoms with Crippen LogP contribution in [0.15, 0.2) is 24.8 Å². The monoisotopic (exact) mass is 269 g/mol. The Morgan fingerprint density at radius 3 is 2.78 bits per heavy atom. The molecule has 1 unspecified atom stereocenters. The molecule has 1 atom stereocenters. The number of nitrogens with two attached hydrogens (primary N) is 1. The summed E-state index contributed by atoms with van der Waals surface area (Å²) >= 11 is 6.20. The molecule has 0 spiro atoms. The molecule has 0 saturated heterocycles. The Bertz CT molecular complexity index is 407. The SMILES string of the molecule is C=CCOc1c(Cl)cc(CC(N)CC)cc1OC. The van der Waals surface area contributed by atoms with Crippen LogP contribution in [0.4, 0.5) is 0 Å².